The molecule has 0 unspecified atom stereocenters. The van der Waals surface area contributed by atoms with Gasteiger partial charge in [0.15, 0.2) is 0 Å². The van der Waals surface area contributed by atoms with Crippen LogP contribution in [0.25, 0.3) is 0 Å². The molecule has 1 aliphatic rings. The molecule has 0 saturated carbocycles. The van der Waals surface area contributed by atoms with Crippen LogP contribution in [0, 0.1) is 0 Å². The van der Waals surface area contributed by atoms with Crippen LogP contribution >= 0.6 is 0 Å². The van der Waals surface area contributed by atoms with E-state index >= 15 is 0 Å². The minimum Gasteiger partial charge on any atom is -0.377 e. The van der Waals surface area contributed by atoms with Crippen LogP contribution in [0.1, 0.15) is 13.8 Å². The van der Waals surface area contributed by atoms with E-state index in [1.807, 2.05) is 13.8 Å². The molecule has 0 bridgehead atoms. The predicted molar refractivity (Wildman–Crippen MR) is 76.8 cm³/mol. The second-order valence-electron chi connectivity index (χ2n) is 5.15. The quantitative estimate of drug-likeness (QED) is 0.658. The van der Waals surface area contributed by atoms with Gasteiger partial charge in [-0.3, -0.25) is 4.90 Å². The van der Waals surface area contributed by atoms with Crippen molar-refractivity contribution in [3.63, 3.8) is 0 Å². The highest BCUT2D eigenvalue weighted by atomic mass is 32.2. The lowest BCUT2D eigenvalue weighted by atomic mass is 10.4. The lowest BCUT2D eigenvalue weighted by Gasteiger charge is -2.27. The minimum atomic E-state index is -3.17. The van der Waals surface area contributed by atoms with E-state index in [1.165, 1.54) is 4.31 Å². The third-order valence-electron chi connectivity index (χ3n) is 3.21. The van der Waals surface area contributed by atoms with Gasteiger partial charge in [-0.15, -0.1) is 0 Å². The summed E-state index contributed by atoms with van der Waals surface area (Å²) in [6.07, 6.45) is 0.136. The van der Waals surface area contributed by atoms with E-state index in [2.05, 4.69) is 10.2 Å². The van der Waals surface area contributed by atoms with Crippen LogP contribution in [0.3, 0.4) is 0 Å². The summed E-state index contributed by atoms with van der Waals surface area (Å²) in [6, 6.07) is 0. The molecule has 1 N–H and O–H groups in total. The van der Waals surface area contributed by atoms with Crippen LogP contribution in [0.5, 0.6) is 0 Å². The largest absolute Gasteiger partial charge is 0.377 e. The SMILES string of the molecule is CC(C)OCCN(C)S(=O)(=O)CCN1CCNCC1. The first kappa shape index (κ1) is 16.8. The molecule has 1 aliphatic heterocycles. The summed E-state index contributed by atoms with van der Waals surface area (Å²) in [7, 11) is -1.54. The van der Waals surface area contributed by atoms with Gasteiger partial charge in [-0.05, 0) is 13.8 Å². The molecule has 0 radical (unpaired) electrons. The fourth-order valence-corrected chi connectivity index (χ4v) is 3.04. The molecule has 0 aromatic heterocycles. The summed E-state index contributed by atoms with van der Waals surface area (Å²) >= 11 is 0. The second kappa shape index (κ2) is 8.16. The number of hydrogen-bond donors (Lipinski definition) is 1. The molecule has 0 atom stereocenters. The zero-order chi connectivity index (χ0) is 14.3. The topological polar surface area (TPSA) is 61.9 Å². The minimum absolute atomic E-state index is 0.136. The number of hydrogen-bond acceptors (Lipinski definition) is 5. The van der Waals surface area contributed by atoms with E-state index in [0.29, 0.717) is 19.7 Å². The van der Waals surface area contributed by atoms with Gasteiger partial charge < -0.3 is 10.1 Å². The summed E-state index contributed by atoms with van der Waals surface area (Å²) in [4.78, 5) is 2.19. The first-order valence-corrected chi connectivity index (χ1v) is 8.51. The molecule has 1 saturated heterocycles. The Morgan fingerprint density at radius 1 is 1.32 bits per heavy atom. The average molecular weight is 293 g/mol. The van der Waals surface area contributed by atoms with E-state index in [-0.39, 0.29) is 11.9 Å². The fourth-order valence-electron chi connectivity index (χ4n) is 1.89. The fraction of sp³-hybridized carbons (Fsp3) is 1.00. The van der Waals surface area contributed by atoms with E-state index in [1.54, 1.807) is 7.05 Å². The van der Waals surface area contributed by atoms with E-state index in [4.69, 9.17) is 4.74 Å². The molecule has 1 fully saturated rings. The van der Waals surface area contributed by atoms with Crippen molar-refractivity contribution in [3.05, 3.63) is 0 Å². The Morgan fingerprint density at radius 3 is 2.53 bits per heavy atom. The number of nitrogens with one attached hydrogen (secondary N) is 1. The van der Waals surface area contributed by atoms with Gasteiger partial charge in [-0.1, -0.05) is 0 Å². The predicted octanol–water partition coefficient (Wildman–Crippen LogP) is -0.422. The van der Waals surface area contributed by atoms with E-state index in [9.17, 15) is 8.42 Å². The van der Waals surface area contributed by atoms with Crippen molar-refractivity contribution in [2.45, 2.75) is 20.0 Å². The molecule has 0 spiro atoms. The van der Waals surface area contributed by atoms with Crippen molar-refractivity contribution in [1.29, 1.82) is 0 Å². The maximum atomic E-state index is 12.1. The molecular formula is C12H27N3O3S. The summed E-state index contributed by atoms with van der Waals surface area (Å²) in [5.74, 6) is 0.186. The van der Waals surface area contributed by atoms with Gasteiger partial charge in [0.1, 0.15) is 0 Å². The van der Waals surface area contributed by atoms with E-state index < -0.39 is 10.0 Å². The zero-order valence-corrected chi connectivity index (χ0v) is 13.1. The van der Waals surface area contributed by atoms with Gasteiger partial charge in [0.2, 0.25) is 10.0 Å². The summed E-state index contributed by atoms with van der Waals surface area (Å²) in [5.41, 5.74) is 0. The van der Waals surface area contributed by atoms with Crippen molar-refractivity contribution < 1.29 is 13.2 Å². The van der Waals surface area contributed by atoms with Crippen molar-refractivity contribution in [2.24, 2.45) is 0 Å². The first-order chi connectivity index (χ1) is 8.92. The zero-order valence-electron chi connectivity index (χ0n) is 12.3. The maximum Gasteiger partial charge on any atom is 0.215 e. The lowest BCUT2D eigenvalue weighted by Crippen LogP contribution is -2.46. The van der Waals surface area contributed by atoms with E-state index in [0.717, 1.165) is 26.2 Å². The third kappa shape index (κ3) is 6.67. The van der Waals surface area contributed by atoms with Gasteiger partial charge in [0.25, 0.3) is 0 Å². The summed E-state index contributed by atoms with van der Waals surface area (Å²) in [6.45, 7) is 9.10. The molecule has 114 valence electrons. The molecule has 19 heavy (non-hydrogen) atoms. The maximum absolute atomic E-state index is 12.1. The van der Waals surface area contributed by atoms with Crippen LogP contribution < -0.4 is 5.32 Å². The van der Waals surface area contributed by atoms with Crippen LogP contribution in [-0.2, 0) is 14.8 Å². The number of likely N-dealkylation sites (N-methyl/N-ethyl adjacent to an activating group) is 1. The van der Waals surface area contributed by atoms with Gasteiger partial charge in [0.05, 0.1) is 18.5 Å². The molecule has 0 aromatic rings. The van der Waals surface area contributed by atoms with Crippen molar-refractivity contribution in [3.8, 4) is 0 Å². The summed E-state index contributed by atoms with van der Waals surface area (Å²) < 4.78 is 30.9. The number of nitrogens with zero attached hydrogens (tertiary/aromatic N) is 2. The number of rotatable bonds is 8. The van der Waals surface area contributed by atoms with Crippen molar-refractivity contribution >= 4 is 10.0 Å². The molecule has 1 rings (SSSR count). The van der Waals surface area contributed by atoms with Gasteiger partial charge >= 0.3 is 0 Å². The highest BCUT2D eigenvalue weighted by Gasteiger charge is 2.19. The van der Waals surface area contributed by atoms with Crippen LogP contribution in [0.4, 0.5) is 0 Å². The van der Waals surface area contributed by atoms with Crippen molar-refractivity contribution in [1.82, 2.24) is 14.5 Å². The highest BCUT2D eigenvalue weighted by Crippen LogP contribution is 2.01. The molecule has 0 aromatic carbocycles. The van der Waals surface area contributed by atoms with Gasteiger partial charge in [-0.25, -0.2) is 12.7 Å². The second-order valence-corrected chi connectivity index (χ2v) is 7.34. The van der Waals surface area contributed by atoms with Crippen LogP contribution in [-0.4, -0.2) is 82.4 Å². The molecule has 1 heterocycles. The third-order valence-corrected chi connectivity index (χ3v) is 5.04. The van der Waals surface area contributed by atoms with Crippen LogP contribution in [0.15, 0.2) is 0 Å². The molecule has 6 nitrogen and oxygen atoms in total. The normalized spacial score (nSPS) is 18.4. The molecule has 7 heteroatoms. The Kier molecular flexibility index (Phi) is 7.23. The standard InChI is InChI=1S/C12H27N3O3S/c1-12(2)18-10-8-14(3)19(16,17)11-9-15-6-4-13-5-7-15/h12-13H,4-11H2,1-3H3. The molecule has 0 aliphatic carbocycles. The van der Waals surface area contributed by atoms with Gasteiger partial charge in [-0.2, -0.15) is 0 Å². The summed E-state index contributed by atoms with van der Waals surface area (Å²) in [5, 5.41) is 3.26. The smallest absolute Gasteiger partial charge is 0.215 e. The lowest BCUT2D eigenvalue weighted by molar-refractivity contribution is 0.0737. The highest BCUT2D eigenvalue weighted by molar-refractivity contribution is 7.89. The Labute approximate surface area is 117 Å². The van der Waals surface area contributed by atoms with Gasteiger partial charge in [0, 0.05) is 46.3 Å². The molecule has 0 amide bonds. The Balaban J connectivity index is 2.28. The Morgan fingerprint density at radius 2 is 1.95 bits per heavy atom. The average Bonchev–Trinajstić information content (AvgIpc) is 2.37. The monoisotopic (exact) mass is 293 g/mol. The van der Waals surface area contributed by atoms with Crippen LogP contribution in [0.2, 0.25) is 0 Å². The number of sulfonamides is 1. The molecular weight excluding hydrogens is 266 g/mol. The Hall–Kier alpha value is -0.210. The number of ether oxygens (including phenoxy) is 1. The Bertz CT molecular complexity index is 340. The van der Waals surface area contributed by atoms with Crippen molar-refractivity contribution in [2.75, 3.05) is 58.7 Å². The first-order valence-electron chi connectivity index (χ1n) is 6.90. The number of piperazine rings is 1.